The molecule has 0 saturated carbocycles. The zero-order valence-corrected chi connectivity index (χ0v) is 9.83. The van der Waals surface area contributed by atoms with Crippen molar-refractivity contribution in [1.29, 1.82) is 0 Å². The van der Waals surface area contributed by atoms with Crippen molar-refractivity contribution < 1.29 is 0 Å². The second kappa shape index (κ2) is 7.09. The Balaban J connectivity index is 0. The standard InChI is InChI=1S/C5H12S.C4H11B/c1-5(2)3-4-6;1-4(2,3)5/h5-6H,3-4H2,1-2H3;5H2,1-3H3. The van der Waals surface area contributed by atoms with Gasteiger partial charge in [0, 0.05) is 0 Å². The molecule has 0 spiro atoms. The predicted molar refractivity (Wildman–Crippen MR) is 61.6 cm³/mol. The van der Waals surface area contributed by atoms with Crippen LogP contribution in [0.15, 0.2) is 0 Å². The van der Waals surface area contributed by atoms with Crippen LogP contribution in [0.1, 0.15) is 41.0 Å². The fourth-order valence-corrected chi connectivity index (χ4v) is 0.775. The van der Waals surface area contributed by atoms with Crippen LogP contribution in [0.5, 0.6) is 0 Å². The van der Waals surface area contributed by atoms with Gasteiger partial charge in [-0.05, 0) is 18.1 Å². The first-order valence-electron chi connectivity index (χ1n) is 4.38. The zero-order chi connectivity index (χ0) is 9.49. The van der Waals surface area contributed by atoms with E-state index in [9.17, 15) is 0 Å². The average Bonchev–Trinajstić information content (AvgIpc) is 1.58. The van der Waals surface area contributed by atoms with Crippen molar-refractivity contribution >= 4 is 20.5 Å². The van der Waals surface area contributed by atoms with E-state index in [4.69, 9.17) is 0 Å². The van der Waals surface area contributed by atoms with E-state index in [2.05, 4.69) is 55.1 Å². The van der Waals surface area contributed by atoms with E-state index in [1.807, 2.05) is 0 Å². The fourth-order valence-electron chi connectivity index (χ4n) is 0.258. The highest BCUT2D eigenvalue weighted by Gasteiger charge is 1.96. The normalized spacial score (nSPS) is 10.8. The van der Waals surface area contributed by atoms with Gasteiger partial charge >= 0.3 is 0 Å². The first-order chi connectivity index (χ1) is 4.77. The summed E-state index contributed by atoms with van der Waals surface area (Å²) in [6, 6.07) is 0. The van der Waals surface area contributed by atoms with Crippen LogP contribution >= 0.6 is 12.6 Å². The van der Waals surface area contributed by atoms with Gasteiger partial charge in [0.15, 0.2) is 0 Å². The van der Waals surface area contributed by atoms with Gasteiger partial charge in [0.2, 0.25) is 0 Å². The van der Waals surface area contributed by atoms with Crippen LogP contribution in [0, 0.1) is 5.92 Å². The molecule has 0 fully saturated rings. The minimum Gasteiger partial charge on any atom is -0.179 e. The summed E-state index contributed by atoms with van der Waals surface area (Å²) in [6.07, 6.45) is 1.24. The van der Waals surface area contributed by atoms with E-state index in [1.54, 1.807) is 0 Å². The summed E-state index contributed by atoms with van der Waals surface area (Å²) in [7, 11) is 2.19. The Morgan fingerprint density at radius 1 is 1.27 bits per heavy atom. The lowest BCUT2D eigenvalue weighted by Gasteiger charge is -2.05. The Morgan fingerprint density at radius 2 is 1.55 bits per heavy atom. The molecular formula is C9H23BS. The first kappa shape index (κ1) is 14.0. The topological polar surface area (TPSA) is 0 Å². The highest BCUT2D eigenvalue weighted by atomic mass is 32.1. The summed E-state index contributed by atoms with van der Waals surface area (Å²) in [6.45, 7) is 11.0. The first-order valence-corrected chi connectivity index (χ1v) is 5.01. The summed E-state index contributed by atoms with van der Waals surface area (Å²) in [5, 5.41) is 0.500. The minimum atomic E-state index is 0.500. The Hall–Kier alpha value is 0.415. The molecule has 0 unspecified atom stereocenters. The molecule has 0 heterocycles. The molecule has 11 heavy (non-hydrogen) atoms. The molecular weight excluding hydrogens is 151 g/mol. The van der Waals surface area contributed by atoms with E-state index in [0.29, 0.717) is 5.31 Å². The second-order valence-electron chi connectivity index (χ2n) is 4.91. The minimum absolute atomic E-state index is 0.500. The van der Waals surface area contributed by atoms with E-state index in [-0.39, 0.29) is 0 Å². The van der Waals surface area contributed by atoms with Crippen LogP contribution in [0.4, 0.5) is 0 Å². The Labute approximate surface area is 79.0 Å². The van der Waals surface area contributed by atoms with Crippen LogP contribution in [0.25, 0.3) is 0 Å². The summed E-state index contributed by atoms with van der Waals surface area (Å²) in [5.41, 5.74) is 0. The van der Waals surface area contributed by atoms with Gasteiger partial charge < -0.3 is 0 Å². The third kappa shape index (κ3) is 63.2. The molecule has 0 aromatic carbocycles. The van der Waals surface area contributed by atoms with Crippen molar-refractivity contribution in [2.24, 2.45) is 5.92 Å². The van der Waals surface area contributed by atoms with E-state index in [0.717, 1.165) is 11.7 Å². The van der Waals surface area contributed by atoms with Gasteiger partial charge in [-0.3, -0.25) is 0 Å². The van der Waals surface area contributed by atoms with Crippen molar-refractivity contribution in [2.75, 3.05) is 5.75 Å². The Bertz CT molecular complexity index is 68.1. The molecule has 0 aromatic rings. The van der Waals surface area contributed by atoms with Crippen molar-refractivity contribution in [1.82, 2.24) is 0 Å². The molecule has 0 saturated heterocycles. The van der Waals surface area contributed by atoms with Crippen molar-refractivity contribution in [3.05, 3.63) is 0 Å². The number of hydrogen-bond acceptors (Lipinski definition) is 1. The lowest BCUT2D eigenvalue weighted by atomic mass is 9.75. The molecule has 0 bridgehead atoms. The number of hydrogen-bond donors (Lipinski definition) is 1. The number of rotatable bonds is 2. The summed E-state index contributed by atoms with van der Waals surface area (Å²) < 4.78 is 0. The molecule has 68 valence electrons. The number of thiol groups is 1. The lowest BCUT2D eigenvalue weighted by molar-refractivity contribution is 0.633. The molecule has 0 aromatic heterocycles. The lowest BCUT2D eigenvalue weighted by Crippen LogP contribution is -1.90. The van der Waals surface area contributed by atoms with Crippen molar-refractivity contribution in [3.63, 3.8) is 0 Å². The van der Waals surface area contributed by atoms with E-state index < -0.39 is 0 Å². The van der Waals surface area contributed by atoms with Crippen LogP contribution in [-0.4, -0.2) is 13.6 Å². The highest BCUT2D eigenvalue weighted by Crippen LogP contribution is 2.13. The third-order valence-corrected chi connectivity index (χ3v) is 0.965. The van der Waals surface area contributed by atoms with Gasteiger partial charge in [-0.15, -0.1) is 0 Å². The maximum atomic E-state index is 4.06. The molecule has 0 radical (unpaired) electrons. The van der Waals surface area contributed by atoms with Gasteiger partial charge in [-0.1, -0.05) is 39.9 Å². The monoisotopic (exact) mass is 174 g/mol. The molecule has 0 atom stereocenters. The molecule has 0 aliphatic carbocycles. The molecule has 0 N–H and O–H groups in total. The van der Waals surface area contributed by atoms with E-state index in [1.165, 1.54) is 6.42 Å². The van der Waals surface area contributed by atoms with Crippen molar-refractivity contribution in [3.8, 4) is 0 Å². The maximum absolute atomic E-state index is 4.06. The van der Waals surface area contributed by atoms with Gasteiger partial charge in [-0.25, -0.2) is 0 Å². The smallest absolute Gasteiger partial charge is 0.108 e. The Morgan fingerprint density at radius 3 is 1.55 bits per heavy atom. The van der Waals surface area contributed by atoms with Crippen LogP contribution in [-0.2, 0) is 0 Å². The quantitative estimate of drug-likeness (QED) is 0.483. The molecule has 2 heteroatoms. The maximum Gasteiger partial charge on any atom is 0.108 e. The largest absolute Gasteiger partial charge is 0.179 e. The van der Waals surface area contributed by atoms with Crippen LogP contribution in [0.2, 0.25) is 5.31 Å². The highest BCUT2D eigenvalue weighted by molar-refractivity contribution is 7.80. The third-order valence-electron chi connectivity index (χ3n) is 0.706. The van der Waals surface area contributed by atoms with Gasteiger partial charge in [-0.2, -0.15) is 12.6 Å². The molecule has 0 nitrogen and oxygen atoms in total. The van der Waals surface area contributed by atoms with Gasteiger partial charge in [0.1, 0.15) is 7.85 Å². The Kier molecular flexibility index (Phi) is 9.00. The summed E-state index contributed by atoms with van der Waals surface area (Å²) in [5.74, 6) is 1.85. The van der Waals surface area contributed by atoms with Crippen LogP contribution < -0.4 is 0 Å². The average molecular weight is 174 g/mol. The van der Waals surface area contributed by atoms with Crippen molar-refractivity contribution in [2.45, 2.75) is 46.4 Å². The van der Waals surface area contributed by atoms with Gasteiger partial charge in [0.25, 0.3) is 0 Å². The molecule has 0 aliphatic rings. The van der Waals surface area contributed by atoms with Crippen LogP contribution in [0.3, 0.4) is 0 Å². The SMILES string of the molecule is BC(C)(C)C.CC(C)CCS. The molecule has 0 aliphatic heterocycles. The summed E-state index contributed by atoms with van der Waals surface area (Å²) in [4.78, 5) is 0. The predicted octanol–water partition coefficient (Wildman–Crippen LogP) is 2.80. The van der Waals surface area contributed by atoms with E-state index >= 15 is 0 Å². The second-order valence-corrected chi connectivity index (χ2v) is 5.35. The van der Waals surface area contributed by atoms with Gasteiger partial charge in [0.05, 0.1) is 0 Å². The molecule has 0 amide bonds. The molecule has 0 rings (SSSR count). The fraction of sp³-hybridized carbons (Fsp3) is 1.00. The zero-order valence-electron chi connectivity index (χ0n) is 8.94. The summed E-state index contributed by atoms with van der Waals surface area (Å²) >= 11 is 4.06.